The fourth-order valence-corrected chi connectivity index (χ4v) is 3.24. The van der Waals surface area contributed by atoms with Crippen LogP contribution in [-0.4, -0.2) is 18.9 Å². The van der Waals surface area contributed by atoms with Crippen molar-refractivity contribution in [1.29, 1.82) is 5.26 Å². The zero-order chi connectivity index (χ0) is 20.4. The van der Waals surface area contributed by atoms with E-state index in [4.69, 9.17) is 15.2 Å². The van der Waals surface area contributed by atoms with Crippen molar-refractivity contribution in [3.05, 3.63) is 50.1 Å². The van der Waals surface area contributed by atoms with E-state index in [-0.39, 0.29) is 33.0 Å². The molecule has 10 heteroatoms. The molecule has 0 spiro atoms. The first-order valence-electron chi connectivity index (χ1n) is 7.59. The van der Waals surface area contributed by atoms with Gasteiger partial charge in [-0.3, -0.25) is 0 Å². The van der Waals surface area contributed by atoms with E-state index >= 15 is 0 Å². The van der Waals surface area contributed by atoms with Crippen LogP contribution in [0.3, 0.4) is 0 Å². The monoisotopic (exact) mass is 494 g/mol. The average Bonchev–Trinajstić information content (AvgIpc) is 2.55. The summed E-state index contributed by atoms with van der Waals surface area (Å²) in [6.45, 7) is 3.21. The predicted octanol–water partition coefficient (Wildman–Crippen LogP) is 3.83. The van der Waals surface area contributed by atoms with Crippen molar-refractivity contribution in [3.8, 4) is 11.8 Å². The molecule has 1 aliphatic rings. The fraction of sp³-hybridized carbons (Fsp3) is 0.294. The summed E-state index contributed by atoms with van der Waals surface area (Å²) < 4.78 is 51.8. The van der Waals surface area contributed by atoms with Crippen LogP contribution in [0.15, 0.2) is 41.0 Å². The van der Waals surface area contributed by atoms with Crippen LogP contribution in [0.4, 0.5) is 13.2 Å². The molecular weight excluding hydrogens is 480 g/mol. The molecule has 27 heavy (non-hydrogen) atoms. The number of hydrogen-bond acceptors (Lipinski definition) is 6. The van der Waals surface area contributed by atoms with Crippen molar-refractivity contribution in [2.24, 2.45) is 5.73 Å². The maximum Gasteiger partial charge on any atom is 0.573 e. The quantitative estimate of drug-likeness (QED) is 0.505. The van der Waals surface area contributed by atoms with Crippen LogP contribution >= 0.6 is 22.6 Å². The molecule has 0 bridgehead atoms. The highest BCUT2D eigenvalue weighted by atomic mass is 127. The van der Waals surface area contributed by atoms with E-state index in [1.165, 1.54) is 19.1 Å². The third kappa shape index (κ3) is 4.65. The van der Waals surface area contributed by atoms with Crippen molar-refractivity contribution in [1.82, 2.24) is 0 Å². The largest absolute Gasteiger partial charge is 0.573 e. The number of ether oxygens (including phenoxy) is 3. The summed E-state index contributed by atoms with van der Waals surface area (Å²) in [5, 5.41) is 9.47. The van der Waals surface area contributed by atoms with E-state index in [0.717, 1.165) is 6.07 Å². The van der Waals surface area contributed by atoms with Gasteiger partial charge >= 0.3 is 12.3 Å². The van der Waals surface area contributed by atoms with E-state index in [1.807, 2.05) is 6.07 Å². The Morgan fingerprint density at radius 3 is 2.63 bits per heavy atom. The summed E-state index contributed by atoms with van der Waals surface area (Å²) >= 11 is 1.67. The molecular formula is C17H14F3IN2O4. The molecule has 0 amide bonds. The van der Waals surface area contributed by atoms with Crippen molar-refractivity contribution in [2.45, 2.75) is 26.1 Å². The van der Waals surface area contributed by atoms with E-state index in [2.05, 4.69) is 4.74 Å². The van der Waals surface area contributed by atoms with E-state index < -0.39 is 24.0 Å². The Hall–Kier alpha value is -2.42. The van der Waals surface area contributed by atoms with Gasteiger partial charge in [-0.15, -0.1) is 13.2 Å². The van der Waals surface area contributed by atoms with Gasteiger partial charge in [0, 0.05) is 0 Å². The highest BCUT2D eigenvalue weighted by molar-refractivity contribution is 14.1. The first-order chi connectivity index (χ1) is 12.6. The van der Waals surface area contributed by atoms with Crippen LogP contribution in [0.1, 0.15) is 25.3 Å². The van der Waals surface area contributed by atoms with Crippen LogP contribution in [-0.2, 0) is 14.3 Å². The molecule has 1 aromatic rings. The van der Waals surface area contributed by atoms with Crippen molar-refractivity contribution in [2.75, 3.05) is 6.61 Å². The molecule has 0 saturated heterocycles. The summed E-state index contributed by atoms with van der Waals surface area (Å²) in [6.07, 6.45) is -4.84. The van der Waals surface area contributed by atoms with Crippen LogP contribution in [0.5, 0.6) is 5.75 Å². The summed E-state index contributed by atoms with van der Waals surface area (Å²) in [7, 11) is 0. The zero-order valence-electron chi connectivity index (χ0n) is 14.2. The fourth-order valence-electron chi connectivity index (χ4n) is 2.59. The van der Waals surface area contributed by atoms with E-state index in [9.17, 15) is 23.2 Å². The lowest BCUT2D eigenvalue weighted by atomic mass is 9.83. The van der Waals surface area contributed by atoms with Crippen molar-refractivity contribution in [3.63, 3.8) is 0 Å². The molecule has 1 unspecified atom stereocenters. The van der Waals surface area contributed by atoms with Gasteiger partial charge in [-0.1, -0.05) is 6.07 Å². The Morgan fingerprint density at radius 1 is 1.44 bits per heavy atom. The van der Waals surface area contributed by atoms with Gasteiger partial charge in [-0.25, -0.2) is 4.79 Å². The lowest BCUT2D eigenvalue weighted by Gasteiger charge is -2.27. The van der Waals surface area contributed by atoms with Crippen LogP contribution < -0.4 is 10.5 Å². The van der Waals surface area contributed by atoms with Crippen molar-refractivity contribution >= 4 is 28.6 Å². The van der Waals surface area contributed by atoms with Crippen LogP contribution in [0.2, 0.25) is 0 Å². The number of nitrogens with zero attached hydrogens (tertiary/aromatic N) is 1. The summed E-state index contributed by atoms with van der Waals surface area (Å²) in [6, 6.07) is 5.72. The minimum absolute atomic E-state index is 0.0380. The standard InChI is InChI=1S/C17H14F3IN2O4/c1-3-25-16(24)13-8(2)26-15(23)10(7-22)14(13)9-4-5-12(11(21)6-9)27-17(18,19)20/h4-6,14H,3,23H2,1-2H3. The third-order valence-corrected chi connectivity index (χ3v) is 4.46. The number of esters is 1. The molecule has 2 N–H and O–H groups in total. The second kappa shape index (κ2) is 8.08. The van der Waals surface area contributed by atoms with E-state index in [0.29, 0.717) is 5.56 Å². The third-order valence-electron chi connectivity index (χ3n) is 3.62. The maximum absolute atomic E-state index is 12.5. The molecule has 144 valence electrons. The minimum Gasteiger partial charge on any atom is -0.463 e. The zero-order valence-corrected chi connectivity index (χ0v) is 16.3. The molecule has 1 aliphatic heterocycles. The molecule has 1 heterocycles. The van der Waals surface area contributed by atoms with Gasteiger partial charge < -0.3 is 19.9 Å². The molecule has 6 nitrogen and oxygen atoms in total. The molecule has 1 atom stereocenters. The number of carbonyl (C=O) groups excluding carboxylic acids is 1. The number of hydrogen-bond donors (Lipinski definition) is 1. The Balaban J connectivity index is 2.56. The average molecular weight is 494 g/mol. The van der Waals surface area contributed by atoms with Gasteiger partial charge in [0.1, 0.15) is 23.2 Å². The number of rotatable bonds is 4. The first-order valence-corrected chi connectivity index (χ1v) is 8.67. The Kier molecular flexibility index (Phi) is 6.25. The maximum atomic E-state index is 12.5. The van der Waals surface area contributed by atoms with Gasteiger partial charge in [-0.2, -0.15) is 5.26 Å². The molecule has 2 rings (SSSR count). The number of benzene rings is 1. The number of allylic oxidation sites excluding steroid dienone is 2. The second-order valence-electron chi connectivity index (χ2n) is 5.35. The van der Waals surface area contributed by atoms with Gasteiger partial charge in [-0.05, 0) is 54.1 Å². The number of alkyl halides is 3. The molecule has 0 radical (unpaired) electrons. The summed E-state index contributed by atoms with van der Waals surface area (Å²) in [4.78, 5) is 12.4. The van der Waals surface area contributed by atoms with Gasteiger partial charge in [0.05, 0.1) is 21.7 Å². The lowest BCUT2D eigenvalue weighted by Crippen LogP contribution is -2.25. The second-order valence-corrected chi connectivity index (χ2v) is 6.51. The normalized spacial score (nSPS) is 17.3. The smallest absolute Gasteiger partial charge is 0.463 e. The predicted molar refractivity (Wildman–Crippen MR) is 95.8 cm³/mol. The van der Waals surface area contributed by atoms with Crippen LogP contribution in [0, 0.1) is 14.9 Å². The molecule has 1 aromatic carbocycles. The highest BCUT2D eigenvalue weighted by Crippen LogP contribution is 2.41. The molecule has 0 fully saturated rings. The molecule has 0 aliphatic carbocycles. The minimum atomic E-state index is -4.84. The Labute approximate surface area is 166 Å². The SMILES string of the molecule is CCOC(=O)C1=C(C)OC(N)=C(C#N)C1c1ccc(OC(F)(F)F)c(I)c1. The lowest BCUT2D eigenvalue weighted by molar-refractivity contribution is -0.275. The van der Waals surface area contributed by atoms with Crippen molar-refractivity contribution < 1.29 is 32.2 Å². The number of nitriles is 1. The van der Waals surface area contributed by atoms with Gasteiger partial charge in [0.2, 0.25) is 5.88 Å². The Morgan fingerprint density at radius 2 is 2.11 bits per heavy atom. The summed E-state index contributed by atoms with van der Waals surface area (Å²) in [5.74, 6) is -2.06. The molecule has 0 saturated carbocycles. The number of halogens is 4. The summed E-state index contributed by atoms with van der Waals surface area (Å²) in [5.41, 5.74) is 6.16. The Bertz CT molecular complexity index is 872. The van der Waals surface area contributed by atoms with Crippen LogP contribution in [0.25, 0.3) is 0 Å². The number of nitrogens with two attached hydrogens (primary N) is 1. The van der Waals surface area contributed by atoms with Gasteiger partial charge in [0.15, 0.2) is 0 Å². The topological polar surface area (TPSA) is 94.6 Å². The highest BCUT2D eigenvalue weighted by Gasteiger charge is 2.37. The first kappa shape index (κ1) is 20.9. The molecule has 0 aromatic heterocycles. The van der Waals surface area contributed by atoms with E-state index in [1.54, 1.807) is 29.5 Å². The number of carbonyl (C=O) groups is 1. The van der Waals surface area contributed by atoms with Gasteiger partial charge in [0.25, 0.3) is 0 Å².